The molecule has 0 aliphatic carbocycles. The maximum atomic E-state index is 14.1. The van der Waals surface area contributed by atoms with E-state index in [1.165, 1.54) is 11.0 Å². The molecule has 2 bridgehead atoms. The van der Waals surface area contributed by atoms with Crippen LogP contribution in [0.4, 0.5) is 0 Å². The SMILES string of the molecule is C=CCOC(=O)[C@H]1[C@H]2C(=O)N([C@@H](CO)CC(C)C)C(C(=O)N(CC=C)C(C)C)C23CC[C@]1(C)O3. The lowest BCUT2D eigenvalue weighted by Crippen LogP contribution is -2.60. The van der Waals surface area contributed by atoms with E-state index in [9.17, 15) is 19.5 Å². The third-order valence-electron chi connectivity index (χ3n) is 7.63. The Balaban J connectivity index is 2.13. The van der Waals surface area contributed by atoms with Gasteiger partial charge in [0.25, 0.3) is 0 Å². The molecule has 3 fully saturated rings. The first-order valence-corrected chi connectivity index (χ1v) is 12.3. The van der Waals surface area contributed by atoms with Crippen molar-refractivity contribution in [3.05, 3.63) is 25.3 Å². The average molecular weight is 477 g/mol. The van der Waals surface area contributed by atoms with E-state index in [1.54, 1.807) is 11.0 Å². The molecule has 0 aromatic carbocycles. The van der Waals surface area contributed by atoms with E-state index in [2.05, 4.69) is 13.2 Å². The maximum Gasteiger partial charge on any atom is 0.313 e. The highest BCUT2D eigenvalue weighted by Crippen LogP contribution is 2.63. The van der Waals surface area contributed by atoms with Gasteiger partial charge < -0.3 is 24.4 Å². The van der Waals surface area contributed by atoms with Crippen molar-refractivity contribution in [1.82, 2.24) is 9.80 Å². The molecule has 0 saturated carbocycles. The Kier molecular flexibility index (Phi) is 7.63. The Morgan fingerprint density at radius 1 is 1.26 bits per heavy atom. The molecule has 0 radical (unpaired) electrons. The minimum atomic E-state index is -1.14. The van der Waals surface area contributed by atoms with Gasteiger partial charge in [-0.15, -0.1) is 6.58 Å². The van der Waals surface area contributed by atoms with Gasteiger partial charge in [-0.3, -0.25) is 14.4 Å². The van der Waals surface area contributed by atoms with Gasteiger partial charge in [-0.05, 0) is 46.0 Å². The summed E-state index contributed by atoms with van der Waals surface area (Å²) in [6, 6.07) is -1.61. The fourth-order valence-electron chi connectivity index (χ4n) is 6.30. The van der Waals surface area contributed by atoms with Crippen LogP contribution in [0.2, 0.25) is 0 Å². The molecule has 8 heteroatoms. The number of fused-ring (bicyclic) bond motifs is 1. The molecule has 6 atom stereocenters. The first-order valence-electron chi connectivity index (χ1n) is 12.3. The van der Waals surface area contributed by atoms with Gasteiger partial charge in [-0.2, -0.15) is 0 Å². The molecule has 2 unspecified atom stereocenters. The normalized spacial score (nSPS) is 32.8. The van der Waals surface area contributed by atoms with Crippen LogP contribution < -0.4 is 0 Å². The highest BCUT2D eigenvalue weighted by molar-refractivity contribution is 5.98. The average Bonchev–Trinajstić information content (AvgIpc) is 3.34. The maximum absolute atomic E-state index is 14.1. The predicted octanol–water partition coefficient (Wildman–Crippen LogP) is 2.31. The number of rotatable bonds is 11. The molecule has 3 saturated heterocycles. The van der Waals surface area contributed by atoms with Gasteiger partial charge in [0.05, 0.1) is 24.2 Å². The van der Waals surface area contributed by atoms with Gasteiger partial charge in [0.2, 0.25) is 11.8 Å². The predicted molar refractivity (Wildman–Crippen MR) is 128 cm³/mol. The summed E-state index contributed by atoms with van der Waals surface area (Å²) in [4.78, 5) is 44.5. The van der Waals surface area contributed by atoms with Crippen LogP contribution in [0.5, 0.6) is 0 Å². The van der Waals surface area contributed by atoms with Gasteiger partial charge in [-0.1, -0.05) is 32.6 Å². The molecule has 3 aliphatic rings. The molecule has 190 valence electrons. The number of aliphatic hydroxyl groups is 1. The van der Waals surface area contributed by atoms with E-state index in [-0.39, 0.29) is 37.0 Å². The number of esters is 1. The minimum absolute atomic E-state index is 0.0402. The summed E-state index contributed by atoms with van der Waals surface area (Å²) < 4.78 is 12.0. The van der Waals surface area contributed by atoms with E-state index in [1.807, 2.05) is 34.6 Å². The van der Waals surface area contributed by atoms with E-state index in [0.29, 0.717) is 25.8 Å². The molecule has 2 amide bonds. The van der Waals surface area contributed by atoms with Crippen molar-refractivity contribution in [2.45, 2.75) is 83.2 Å². The molecule has 3 rings (SSSR count). The lowest BCUT2D eigenvalue weighted by atomic mass is 9.66. The number of nitrogens with zero attached hydrogens (tertiary/aromatic N) is 2. The number of likely N-dealkylation sites (tertiary alicyclic amines) is 1. The summed E-state index contributed by atoms with van der Waals surface area (Å²) in [6.07, 6.45) is 4.70. The van der Waals surface area contributed by atoms with Crippen LogP contribution in [-0.4, -0.2) is 81.8 Å². The van der Waals surface area contributed by atoms with Gasteiger partial charge in [0.15, 0.2) is 0 Å². The van der Waals surface area contributed by atoms with Gasteiger partial charge in [0, 0.05) is 12.6 Å². The van der Waals surface area contributed by atoms with Gasteiger partial charge in [-0.25, -0.2) is 0 Å². The quantitative estimate of drug-likeness (QED) is 0.363. The first-order chi connectivity index (χ1) is 16.0. The van der Waals surface area contributed by atoms with Crippen LogP contribution in [-0.2, 0) is 23.9 Å². The number of ether oxygens (including phenoxy) is 2. The summed E-state index contributed by atoms with van der Waals surface area (Å²) in [5.74, 6) is -2.53. The first kappa shape index (κ1) is 26.4. The lowest BCUT2D eigenvalue weighted by molar-refractivity contribution is -0.161. The van der Waals surface area contributed by atoms with Crippen molar-refractivity contribution in [2.75, 3.05) is 19.8 Å². The van der Waals surface area contributed by atoms with Crippen molar-refractivity contribution >= 4 is 17.8 Å². The Hall–Kier alpha value is -2.19. The number of hydrogen-bond acceptors (Lipinski definition) is 6. The topological polar surface area (TPSA) is 96.4 Å². The molecule has 34 heavy (non-hydrogen) atoms. The summed E-state index contributed by atoms with van der Waals surface area (Å²) >= 11 is 0. The zero-order chi connectivity index (χ0) is 25.4. The smallest absolute Gasteiger partial charge is 0.313 e. The van der Waals surface area contributed by atoms with Gasteiger partial charge >= 0.3 is 5.97 Å². The summed E-state index contributed by atoms with van der Waals surface area (Å²) in [7, 11) is 0. The second kappa shape index (κ2) is 9.82. The molecule has 0 aromatic heterocycles. The number of amides is 2. The van der Waals surface area contributed by atoms with Crippen molar-refractivity contribution in [3.8, 4) is 0 Å². The summed E-state index contributed by atoms with van der Waals surface area (Å²) in [6.45, 7) is 17.2. The van der Waals surface area contributed by atoms with E-state index in [4.69, 9.17) is 9.47 Å². The van der Waals surface area contributed by atoms with Crippen LogP contribution in [0, 0.1) is 17.8 Å². The summed E-state index contributed by atoms with van der Waals surface area (Å²) in [5, 5.41) is 10.3. The summed E-state index contributed by atoms with van der Waals surface area (Å²) in [5.41, 5.74) is -2.03. The standard InChI is InChI=1S/C26H40N2O6/c1-8-12-27(17(5)6)23(31)21-26-11-10-25(7,34-26)20(24(32)33-13-9-2)19(26)22(30)28(21)18(15-29)14-16(3)4/h8-9,16-21,29H,1-2,10-15H2,3-7H3/t18-,19+,20-,21?,25+,26?/m1/s1. The third kappa shape index (κ3) is 4.09. The molecule has 0 aromatic rings. The Labute approximate surface area is 202 Å². The van der Waals surface area contributed by atoms with E-state index < -0.39 is 41.1 Å². The van der Waals surface area contributed by atoms with Crippen LogP contribution in [0.3, 0.4) is 0 Å². The monoisotopic (exact) mass is 476 g/mol. The third-order valence-corrected chi connectivity index (χ3v) is 7.63. The molecule has 3 aliphatic heterocycles. The van der Waals surface area contributed by atoms with Crippen LogP contribution in [0.25, 0.3) is 0 Å². The largest absolute Gasteiger partial charge is 0.461 e. The lowest BCUT2D eigenvalue weighted by Gasteiger charge is -2.40. The number of hydrogen-bond donors (Lipinski definition) is 1. The van der Waals surface area contributed by atoms with Crippen molar-refractivity contribution in [3.63, 3.8) is 0 Å². The Morgan fingerprint density at radius 3 is 2.47 bits per heavy atom. The van der Waals surface area contributed by atoms with Gasteiger partial charge in [0.1, 0.15) is 24.2 Å². The molecule has 8 nitrogen and oxygen atoms in total. The number of carbonyl (C=O) groups excluding carboxylic acids is 3. The molecular weight excluding hydrogens is 436 g/mol. The molecule has 1 spiro atoms. The zero-order valence-electron chi connectivity index (χ0n) is 21.2. The molecule has 3 heterocycles. The van der Waals surface area contributed by atoms with E-state index in [0.717, 1.165) is 0 Å². The highest BCUT2D eigenvalue weighted by atomic mass is 16.6. The van der Waals surface area contributed by atoms with Crippen molar-refractivity contribution < 1.29 is 29.0 Å². The van der Waals surface area contributed by atoms with Crippen LogP contribution in [0.1, 0.15) is 53.9 Å². The second-order valence-corrected chi connectivity index (χ2v) is 10.7. The fraction of sp³-hybridized carbons (Fsp3) is 0.731. The minimum Gasteiger partial charge on any atom is -0.461 e. The van der Waals surface area contributed by atoms with Crippen molar-refractivity contribution in [2.24, 2.45) is 17.8 Å². The number of aliphatic hydroxyl groups excluding tert-OH is 1. The fourth-order valence-corrected chi connectivity index (χ4v) is 6.30. The molecular formula is C26H40N2O6. The second-order valence-electron chi connectivity index (χ2n) is 10.7. The highest BCUT2D eigenvalue weighted by Gasteiger charge is 2.79. The van der Waals surface area contributed by atoms with E-state index >= 15 is 0 Å². The Bertz CT molecular complexity index is 841. The number of carbonyl (C=O) groups is 3. The molecule has 1 N–H and O–H groups in total. The Morgan fingerprint density at radius 2 is 1.94 bits per heavy atom. The zero-order valence-corrected chi connectivity index (χ0v) is 21.2. The van der Waals surface area contributed by atoms with Crippen LogP contribution >= 0.6 is 0 Å². The van der Waals surface area contributed by atoms with Crippen molar-refractivity contribution in [1.29, 1.82) is 0 Å². The van der Waals surface area contributed by atoms with Crippen LogP contribution in [0.15, 0.2) is 25.3 Å².